The van der Waals surface area contributed by atoms with Gasteiger partial charge < -0.3 is 24.5 Å². The minimum Gasteiger partial charge on any atom is -0.495 e. The first-order valence-corrected chi connectivity index (χ1v) is 9.69. The second-order valence-electron chi connectivity index (χ2n) is 7.23. The van der Waals surface area contributed by atoms with Crippen LogP contribution in [0, 0.1) is 0 Å². The Hall–Kier alpha value is -3.13. The predicted molar refractivity (Wildman–Crippen MR) is 111 cm³/mol. The Labute approximate surface area is 170 Å². The van der Waals surface area contributed by atoms with Crippen molar-refractivity contribution in [3.8, 4) is 17.0 Å². The number of aromatic nitrogens is 2. The van der Waals surface area contributed by atoms with Crippen LogP contribution in [0.3, 0.4) is 0 Å². The van der Waals surface area contributed by atoms with Crippen molar-refractivity contribution in [2.45, 2.75) is 6.10 Å². The van der Waals surface area contributed by atoms with Gasteiger partial charge in [0.1, 0.15) is 5.75 Å². The monoisotopic (exact) mass is 395 g/mol. The van der Waals surface area contributed by atoms with E-state index in [0.717, 1.165) is 22.8 Å². The highest BCUT2D eigenvalue weighted by atomic mass is 16.5. The van der Waals surface area contributed by atoms with Crippen LogP contribution >= 0.6 is 0 Å². The number of rotatable bonds is 5. The van der Waals surface area contributed by atoms with E-state index in [1.165, 1.54) is 6.08 Å². The number of pyridine rings is 2. The lowest BCUT2D eigenvalue weighted by atomic mass is 10.1. The smallest absolute Gasteiger partial charge is 0.246 e. The Morgan fingerprint density at radius 3 is 2.52 bits per heavy atom. The maximum atomic E-state index is 11.8. The molecule has 0 bridgehead atoms. The van der Waals surface area contributed by atoms with Gasteiger partial charge in [-0.1, -0.05) is 6.58 Å². The van der Waals surface area contributed by atoms with Crippen molar-refractivity contribution in [2.75, 3.05) is 56.2 Å². The van der Waals surface area contributed by atoms with Crippen LogP contribution in [0.5, 0.6) is 5.75 Å². The fourth-order valence-corrected chi connectivity index (χ4v) is 3.65. The van der Waals surface area contributed by atoms with E-state index in [1.807, 2.05) is 18.3 Å². The summed E-state index contributed by atoms with van der Waals surface area (Å²) in [6, 6.07) is 5.85. The third-order valence-electron chi connectivity index (χ3n) is 5.38. The third kappa shape index (κ3) is 3.88. The highest BCUT2D eigenvalue weighted by Gasteiger charge is 2.30. The number of aliphatic hydroxyl groups excluding tert-OH is 1. The van der Waals surface area contributed by atoms with Gasteiger partial charge in [-0.05, 0) is 24.3 Å². The molecule has 152 valence electrons. The van der Waals surface area contributed by atoms with Crippen LogP contribution in [-0.4, -0.2) is 78.4 Å². The lowest BCUT2D eigenvalue weighted by molar-refractivity contribution is -0.126. The molecule has 2 aromatic heterocycles. The topological polar surface area (TPSA) is 82.0 Å². The number of methoxy groups -OCH3 is 1. The zero-order valence-corrected chi connectivity index (χ0v) is 16.5. The molecule has 8 heteroatoms. The summed E-state index contributed by atoms with van der Waals surface area (Å²) in [4.78, 5) is 27.2. The van der Waals surface area contributed by atoms with E-state index in [2.05, 4.69) is 27.4 Å². The maximum absolute atomic E-state index is 11.8. The minimum absolute atomic E-state index is 0.0374. The maximum Gasteiger partial charge on any atom is 0.246 e. The molecule has 2 aromatic rings. The lowest BCUT2D eigenvalue weighted by Crippen LogP contribution is -2.52. The molecule has 0 atom stereocenters. The van der Waals surface area contributed by atoms with E-state index < -0.39 is 0 Å². The van der Waals surface area contributed by atoms with E-state index in [4.69, 9.17) is 9.72 Å². The van der Waals surface area contributed by atoms with Gasteiger partial charge >= 0.3 is 0 Å². The van der Waals surface area contributed by atoms with Crippen molar-refractivity contribution in [3.63, 3.8) is 0 Å². The molecule has 4 rings (SSSR count). The van der Waals surface area contributed by atoms with Crippen LogP contribution in [0.25, 0.3) is 11.3 Å². The van der Waals surface area contributed by atoms with E-state index in [-0.39, 0.29) is 12.0 Å². The number of nitrogens with zero attached hydrogens (tertiary/aromatic N) is 5. The highest BCUT2D eigenvalue weighted by molar-refractivity contribution is 5.87. The lowest BCUT2D eigenvalue weighted by Gasteiger charge is -2.42. The number of piperazine rings is 1. The summed E-state index contributed by atoms with van der Waals surface area (Å²) in [6.07, 6.45) is 4.56. The Balaban J connectivity index is 1.60. The SMILES string of the molecule is C=CC(=O)N1CCN(c2ncc(-c3ccc(OC)cn3)cc2N2CC(O)C2)CC1. The first-order valence-electron chi connectivity index (χ1n) is 9.69. The molecule has 0 aliphatic carbocycles. The minimum atomic E-state index is -0.312. The van der Waals surface area contributed by atoms with E-state index in [9.17, 15) is 9.90 Å². The van der Waals surface area contributed by atoms with Gasteiger partial charge in [0.05, 0.1) is 30.8 Å². The molecule has 0 saturated carbocycles. The highest BCUT2D eigenvalue weighted by Crippen LogP contribution is 2.34. The number of ether oxygens (including phenoxy) is 1. The summed E-state index contributed by atoms with van der Waals surface area (Å²) >= 11 is 0. The summed E-state index contributed by atoms with van der Waals surface area (Å²) in [6.45, 7) is 7.42. The number of amides is 1. The quantitative estimate of drug-likeness (QED) is 0.761. The standard InChI is InChI=1S/C21H25N5O3/c1-3-20(28)24-6-8-25(9-7-24)21-19(26-13-16(27)14-26)10-15(11-23-21)18-5-4-17(29-2)12-22-18/h3-5,10-12,16,27H,1,6-9,13-14H2,2H3. The molecule has 0 unspecified atom stereocenters. The molecule has 2 aliphatic heterocycles. The van der Waals surface area contributed by atoms with E-state index in [0.29, 0.717) is 45.0 Å². The summed E-state index contributed by atoms with van der Waals surface area (Å²) in [5.41, 5.74) is 2.70. The molecule has 1 amide bonds. The third-order valence-corrected chi connectivity index (χ3v) is 5.38. The second-order valence-corrected chi connectivity index (χ2v) is 7.23. The van der Waals surface area contributed by atoms with Crippen molar-refractivity contribution < 1.29 is 14.6 Å². The summed E-state index contributed by atoms with van der Waals surface area (Å²) < 4.78 is 5.18. The zero-order valence-electron chi connectivity index (χ0n) is 16.5. The van der Waals surface area contributed by atoms with Gasteiger partial charge in [0, 0.05) is 51.0 Å². The van der Waals surface area contributed by atoms with Gasteiger partial charge in [0.2, 0.25) is 5.91 Å². The molecular formula is C21H25N5O3. The van der Waals surface area contributed by atoms with E-state index in [1.54, 1.807) is 18.2 Å². The summed E-state index contributed by atoms with van der Waals surface area (Å²) in [7, 11) is 1.61. The average Bonchev–Trinajstić information content (AvgIpc) is 2.76. The van der Waals surface area contributed by atoms with Crippen molar-refractivity contribution in [2.24, 2.45) is 0 Å². The van der Waals surface area contributed by atoms with Crippen LogP contribution < -0.4 is 14.5 Å². The Bertz CT molecular complexity index is 888. The Morgan fingerprint density at radius 2 is 1.93 bits per heavy atom. The first kappa shape index (κ1) is 19.2. The van der Waals surface area contributed by atoms with Gasteiger partial charge in [-0.2, -0.15) is 0 Å². The number of carbonyl (C=O) groups excluding carboxylic acids is 1. The van der Waals surface area contributed by atoms with Crippen LogP contribution in [-0.2, 0) is 4.79 Å². The molecule has 2 fully saturated rings. The summed E-state index contributed by atoms with van der Waals surface area (Å²) in [5.74, 6) is 1.54. The average molecular weight is 395 g/mol. The van der Waals surface area contributed by atoms with Gasteiger partial charge in [0.15, 0.2) is 5.82 Å². The van der Waals surface area contributed by atoms with Gasteiger partial charge in [0.25, 0.3) is 0 Å². The molecule has 8 nitrogen and oxygen atoms in total. The Morgan fingerprint density at radius 1 is 1.17 bits per heavy atom. The molecule has 2 aliphatic rings. The molecule has 0 aromatic carbocycles. The zero-order chi connectivity index (χ0) is 20.4. The number of β-amino-alcohol motifs (C(OH)–C–C–N with tert-alkyl or cyclic N) is 1. The second kappa shape index (κ2) is 8.08. The van der Waals surface area contributed by atoms with Gasteiger partial charge in [-0.15, -0.1) is 0 Å². The number of carbonyl (C=O) groups is 1. The largest absolute Gasteiger partial charge is 0.495 e. The van der Waals surface area contributed by atoms with Gasteiger partial charge in [-0.3, -0.25) is 9.78 Å². The van der Waals surface area contributed by atoms with Crippen LogP contribution in [0.4, 0.5) is 11.5 Å². The number of anilines is 2. The first-order chi connectivity index (χ1) is 14.1. The van der Waals surface area contributed by atoms with Crippen LogP contribution in [0.1, 0.15) is 0 Å². The van der Waals surface area contributed by atoms with Crippen molar-refractivity contribution in [1.29, 1.82) is 0 Å². The molecule has 0 radical (unpaired) electrons. The van der Waals surface area contributed by atoms with Crippen molar-refractivity contribution >= 4 is 17.4 Å². The number of hydrogen-bond donors (Lipinski definition) is 1. The van der Waals surface area contributed by atoms with Crippen LogP contribution in [0.15, 0.2) is 43.2 Å². The number of hydrogen-bond acceptors (Lipinski definition) is 7. The summed E-state index contributed by atoms with van der Waals surface area (Å²) in [5, 5.41) is 9.79. The van der Waals surface area contributed by atoms with Crippen LogP contribution in [0.2, 0.25) is 0 Å². The van der Waals surface area contributed by atoms with Gasteiger partial charge in [-0.25, -0.2) is 4.98 Å². The fraction of sp³-hybridized carbons (Fsp3) is 0.381. The molecule has 1 N–H and O–H groups in total. The normalized spacial score (nSPS) is 17.1. The Kier molecular flexibility index (Phi) is 5.35. The number of aliphatic hydroxyl groups is 1. The van der Waals surface area contributed by atoms with E-state index >= 15 is 0 Å². The predicted octanol–water partition coefficient (Wildman–Crippen LogP) is 1.17. The molecule has 4 heterocycles. The molecular weight excluding hydrogens is 370 g/mol. The fourth-order valence-electron chi connectivity index (χ4n) is 3.65. The van der Waals surface area contributed by atoms with Crippen molar-refractivity contribution in [1.82, 2.24) is 14.9 Å². The molecule has 2 saturated heterocycles. The molecule has 0 spiro atoms. The molecule has 29 heavy (non-hydrogen) atoms. The van der Waals surface area contributed by atoms with Crippen molar-refractivity contribution in [3.05, 3.63) is 43.2 Å².